The molecular weight excluding hydrogens is 1380 g/mol. The van der Waals surface area contributed by atoms with Crippen LogP contribution >= 0.6 is 11.6 Å². The summed E-state index contributed by atoms with van der Waals surface area (Å²) < 4.78 is 87.2. The second-order valence-electron chi connectivity index (χ2n) is 30.8. The van der Waals surface area contributed by atoms with Crippen molar-refractivity contribution in [2.75, 3.05) is 88.6 Å². The van der Waals surface area contributed by atoms with Gasteiger partial charge in [-0.3, -0.25) is 62.3 Å². The molecule has 3 saturated carbocycles. The summed E-state index contributed by atoms with van der Waals surface area (Å²) in [6, 6.07) is -9.41. The summed E-state index contributed by atoms with van der Waals surface area (Å²) in [7, 11) is 9.29. The Bertz CT molecular complexity index is 3010. The minimum absolute atomic E-state index is 0.00713. The van der Waals surface area contributed by atoms with Gasteiger partial charge in [0.15, 0.2) is 0 Å². The maximum absolute atomic E-state index is 15.4. The fourth-order valence-electron chi connectivity index (χ4n) is 15.9. The van der Waals surface area contributed by atoms with Crippen LogP contribution in [0, 0.1) is 35.5 Å². The molecule has 12 amide bonds. The van der Waals surface area contributed by atoms with Crippen LogP contribution in [0.15, 0.2) is 0 Å². The van der Waals surface area contributed by atoms with Crippen LogP contribution < -0.4 is 16.0 Å². The molecule has 3 aliphatic carbocycles. The van der Waals surface area contributed by atoms with Gasteiger partial charge in [-0.05, 0) is 132 Å². The molecule has 5 unspecified atom stereocenters. The highest BCUT2D eigenvalue weighted by atomic mass is 35.5. The number of likely N-dealkylation sites (tertiary alicyclic amines) is 1. The molecule has 6 rings (SSSR count). The number of hydrogen-bond acceptors (Lipinski definition) is 13. The number of halogens is 7. The van der Waals surface area contributed by atoms with Gasteiger partial charge >= 0.3 is 12.5 Å². The molecule has 3 aliphatic heterocycles. The first kappa shape index (κ1) is 85.4. The molecule has 584 valence electrons. The fourth-order valence-corrected chi connectivity index (χ4v) is 16.4. The van der Waals surface area contributed by atoms with Crippen molar-refractivity contribution in [3.63, 3.8) is 0 Å². The van der Waals surface area contributed by atoms with Gasteiger partial charge < -0.3 is 60.0 Å². The van der Waals surface area contributed by atoms with Crippen LogP contribution in [0.1, 0.15) is 183 Å². The summed E-state index contributed by atoms with van der Waals surface area (Å²) in [5.41, 5.74) is -1.62. The number of carbonyl (C=O) groups excluding carboxylic acids is 12. The maximum atomic E-state index is 15.4. The molecule has 3 N–H and O–H groups in total. The predicted octanol–water partition coefficient (Wildman–Crippen LogP) is 6.08. The Balaban J connectivity index is 1.42. The zero-order valence-electron chi connectivity index (χ0n) is 62.4. The molecule has 32 heteroatoms. The Morgan fingerprint density at radius 1 is 0.602 bits per heavy atom. The number of amides is 12. The Labute approximate surface area is 607 Å². The molecule has 13 atom stereocenters. The summed E-state index contributed by atoms with van der Waals surface area (Å²) in [4.78, 5) is 189. The molecule has 6 aliphatic rings. The van der Waals surface area contributed by atoms with Gasteiger partial charge in [0.1, 0.15) is 47.8 Å². The Hall–Kier alpha value is -6.53. The zero-order valence-corrected chi connectivity index (χ0v) is 63.2. The average molecular weight is 1490 g/mol. The van der Waals surface area contributed by atoms with Gasteiger partial charge in [-0.2, -0.15) is 13.2 Å². The molecule has 0 radical (unpaired) electrons. The number of carbonyl (C=O) groups is 12. The lowest BCUT2D eigenvalue weighted by Gasteiger charge is -2.42. The third-order valence-electron chi connectivity index (χ3n) is 22.3. The highest BCUT2D eigenvalue weighted by molar-refractivity contribution is 6.21. The van der Waals surface area contributed by atoms with Crippen LogP contribution in [0.25, 0.3) is 0 Å². The lowest BCUT2D eigenvalue weighted by Crippen LogP contribution is -2.65. The average Bonchev–Trinajstić information content (AvgIpc) is 1.73. The van der Waals surface area contributed by atoms with Crippen molar-refractivity contribution < 1.29 is 88.6 Å². The summed E-state index contributed by atoms with van der Waals surface area (Å²) >= 11 is 6.37. The molecule has 0 aromatic rings. The van der Waals surface area contributed by atoms with Crippen LogP contribution in [-0.2, 0) is 62.3 Å². The quantitative estimate of drug-likeness (QED) is 0.148. The van der Waals surface area contributed by atoms with Gasteiger partial charge in [-0.25, -0.2) is 0 Å². The highest BCUT2D eigenvalue weighted by Crippen LogP contribution is 2.44. The number of ether oxygens (including phenoxy) is 1. The summed E-state index contributed by atoms with van der Waals surface area (Å²) in [5, 5.41) is 7.29. The second kappa shape index (κ2) is 37.1. The lowest BCUT2D eigenvalue weighted by molar-refractivity contribution is -0.346. The van der Waals surface area contributed by atoms with Gasteiger partial charge in [0.05, 0.1) is 38.1 Å². The van der Waals surface area contributed by atoms with E-state index in [1.54, 1.807) is 32.6 Å². The largest absolute Gasteiger partial charge is 0.522 e. The van der Waals surface area contributed by atoms with Crippen molar-refractivity contribution in [3.8, 4) is 0 Å². The van der Waals surface area contributed by atoms with Crippen LogP contribution in [0.2, 0.25) is 0 Å². The third-order valence-corrected chi connectivity index (χ3v) is 22.8. The van der Waals surface area contributed by atoms with Crippen molar-refractivity contribution in [2.24, 2.45) is 35.5 Å². The van der Waals surface area contributed by atoms with Gasteiger partial charge in [-0.1, -0.05) is 73.6 Å². The smallest absolute Gasteiger partial charge is 0.343 e. The summed E-state index contributed by atoms with van der Waals surface area (Å²) in [5.74, 6) is -13.1. The molecule has 0 aromatic heterocycles. The SMILES string of the molecule is CC[C@H](C)[C@@H]1NC(=O)[C@H](CC(C)C)N(C)C(=O)C[C@@H](C(=O)N2CCCCC2)N(C)C(=O)[C@H](C(C)C)N(C)C(=O)C2(CCCC2)NC(=O)[C@@H]2CCCN2C(=O)[C@H](CCC2CCC(C(F)(F)F)C(Cl)C2)NC(=O)CN(C)C(=O)[C@H](CC2CCCC(OC(F)(F)F)C2)N(C)C(=O)CN(C)C(=O)CN(C)C1=O. The number of nitrogens with zero attached hydrogens (tertiary/aromatic N) is 9. The number of piperidine rings is 1. The lowest BCUT2D eigenvalue weighted by atomic mass is 9.78. The van der Waals surface area contributed by atoms with Gasteiger partial charge in [0.2, 0.25) is 70.9 Å². The zero-order chi connectivity index (χ0) is 76.9. The van der Waals surface area contributed by atoms with E-state index >= 15 is 19.2 Å². The number of hydrogen-bond donors (Lipinski definition) is 3. The first-order valence-electron chi connectivity index (χ1n) is 36.9. The first-order valence-corrected chi connectivity index (χ1v) is 37.3. The van der Waals surface area contributed by atoms with Gasteiger partial charge in [-0.15, -0.1) is 24.8 Å². The molecule has 0 bridgehead atoms. The van der Waals surface area contributed by atoms with E-state index in [1.165, 1.54) is 68.9 Å². The van der Waals surface area contributed by atoms with Crippen LogP contribution in [0.3, 0.4) is 0 Å². The molecular formula is C71H113ClF6N12O13. The van der Waals surface area contributed by atoms with E-state index < -0.39 is 198 Å². The van der Waals surface area contributed by atoms with Crippen molar-refractivity contribution >= 4 is 82.5 Å². The summed E-state index contributed by atoms with van der Waals surface area (Å²) in [6.45, 7) is 9.15. The van der Waals surface area contributed by atoms with E-state index in [1.807, 2.05) is 13.8 Å². The van der Waals surface area contributed by atoms with Crippen LogP contribution in [-0.4, -0.2) is 275 Å². The maximum Gasteiger partial charge on any atom is 0.522 e. The molecule has 3 heterocycles. The molecule has 3 saturated heterocycles. The van der Waals surface area contributed by atoms with E-state index in [9.17, 15) is 64.7 Å². The van der Waals surface area contributed by atoms with Gasteiger partial charge in [0.25, 0.3) is 0 Å². The fraction of sp³-hybridized carbons (Fsp3) is 0.831. The normalized spacial score (nSPS) is 30.0. The van der Waals surface area contributed by atoms with E-state index in [4.69, 9.17) is 11.6 Å². The highest BCUT2D eigenvalue weighted by Gasteiger charge is 2.52. The molecule has 1 spiro atoms. The Morgan fingerprint density at radius 2 is 1.22 bits per heavy atom. The van der Waals surface area contributed by atoms with Crippen molar-refractivity contribution in [1.29, 1.82) is 0 Å². The van der Waals surface area contributed by atoms with E-state index in [0.717, 1.165) is 26.0 Å². The number of fused-ring (bicyclic) bond motifs is 1. The van der Waals surface area contributed by atoms with Crippen molar-refractivity contribution in [2.45, 2.75) is 255 Å². The predicted molar refractivity (Wildman–Crippen MR) is 369 cm³/mol. The number of alkyl halides is 7. The van der Waals surface area contributed by atoms with Crippen molar-refractivity contribution in [1.82, 2.24) is 60.0 Å². The van der Waals surface area contributed by atoms with E-state index in [2.05, 4.69) is 20.7 Å². The number of nitrogens with one attached hydrogen (secondary N) is 3. The number of rotatable bonds is 12. The topological polar surface area (TPSA) is 279 Å². The van der Waals surface area contributed by atoms with Gasteiger partial charge in [0, 0.05) is 74.3 Å². The third kappa shape index (κ3) is 22.5. The monoisotopic (exact) mass is 1490 g/mol. The minimum atomic E-state index is -4.98. The minimum Gasteiger partial charge on any atom is -0.343 e. The van der Waals surface area contributed by atoms with Crippen molar-refractivity contribution in [3.05, 3.63) is 0 Å². The van der Waals surface area contributed by atoms with E-state index in [0.29, 0.717) is 51.6 Å². The first-order chi connectivity index (χ1) is 48.1. The van der Waals surface area contributed by atoms with E-state index in [-0.39, 0.29) is 102 Å². The van der Waals surface area contributed by atoms with Crippen LogP contribution in [0.4, 0.5) is 26.3 Å². The Kier molecular flexibility index (Phi) is 30.8. The van der Waals surface area contributed by atoms with Crippen LogP contribution in [0.5, 0.6) is 0 Å². The Morgan fingerprint density at radius 3 is 1.82 bits per heavy atom. The molecule has 6 fully saturated rings. The summed E-state index contributed by atoms with van der Waals surface area (Å²) in [6.07, 6.45) is -7.31. The molecule has 25 nitrogen and oxygen atoms in total. The number of likely N-dealkylation sites (N-methyl/N-ethyl adjacent to an activating group) is 7. The molecule has 0 aromatic carbocycles. The molecule has 103 heavy (non-hydrogen) atoms. The second-order valence-corrected chi connectivity index (χ2v) is 31.4. The standard InChI is InChI=1S/C71H113ClF6N12O13/c1-14-44(6)59-66(100)84(9)40-57(93)82(7)41-58(94)86(11)53(37-46-22-20-23-47(35-46)103-71(76,77)78)64(98)83(8)39-55(91)79-50(28-26-45-25-27-48(49(72)36-45)70(73,74)75)63(97)90-33-21-24-51(90)62(96)81-69(29-16-17-30-69)68(102)88(13)60(43(4)5)67(101)87(12)54(65(99)89-31-18-15-19-32-89)38-56(92)85(10)52(34-42(2)3)61(95)80-59/h42-54,59-60H,14-41H2,1-13H3,(H,79,91)(H,80,95)(H,81,96)/t44-,45?,46?,47?,48?,49?,50-,51-,52-,53-,54-,59-,60-/m0/s1.